The molecule has 4 heterocycles. The number of ether oxygens (including phenoxy) is 20. The number of nitrogens with one attached hydrogen (secondary N) is 1. The summed E-state index contributed by atoms with van der Waals surface area (Å²) < 4.78 is 139. The minimum atomic E-state index is -2.00. The third-order valence-corrected chi connectivity index (χ3v) is 21.2. The number of aliphatic hydroxyl groups excluding tert-OH is 1. The molecule has 0 radical (unpaired) electrons. The van der Waals surface area contributed by atoms with Gasteiger partial charge in [-0.05, 0) is 50.1 Å². The third kappa shape index (κ3) is 26.8. The number of carbonyl (C=O) groups is 4. The molecule has 4 aliphatic heterocycles. The summed E-state index contributed by atoms with van der Waals surface area (Å²) in [5, 5.41) is 16.9. The number of hydrogen-bond donors (Lipinski definition) is 2. The summed E-state index contributed by atoms with van der Waals surface area (Å²) in [5.74, 6) is -2.76. The Bertz CT molecular complexity index is 4560. The van der Waals surface area contributed by atoms with Gasteiger partial charge in [-0.15, -0.1) is 0 Å². The Morgan fingerprint density at radius 3 is 0.976 bits per heavy atom. The van der Waals surface area contributed by atoms with Crippen LogP contribution in [0.2, 0.25) is 0 Å². The van der Waals surface area contributed by atoms with Crippen molar-refractivity contribution in [2.75, 3.05) is 33.5 Å². The second-order valence-corrected chi connectivity index (χ2v) is 30.4. The van der Waals surface area contributed by atoms with Crippen LogP contribution in [0.4, 0.5) is 0 Å². The summed E-state index contributed by atoms with van der Waals surface area (Å²) in [5.41, 5.74) is 7.33. The van der Waals surface area contributed by atoms with E-state index in [1.807, 2.05) is 273 Å². The molecule has 652 valence electrons. The van der Waals surface area contributed by atoms with Crippen molar-refractivity contribution in [3.63, 3.8) is 0 Å². The Balaban J connectivity index is 0.938. The number of hydrogen-bond acceptors (Lipinski definition) is 25. The summed E-state index contributed by atoms with van der Waals surface area (Å²) in [7, 11) is 1.30. The Hall–Kier alpha value is -9.86. The van der Waals surface area contributed by atoms with Crippen LogP contribution in [0.15, 0.2) is 273 Å². The van der Waals surface area contributed by atoms with Gasteiger partial charge < -0.3 is 105 Å². The van der Waals surface area contributed by atoms with Crippen LogP contribution in [0.25, 0.3) is 0 Å². The van der Waals surface area contributed by atoms with E-state index < -0.39 is 166 Å². The van der Waals surface area contributed by atoms with E-state index >= 15 is 0 Å². The van der Waals surface area contributed by atoms with Crippen molar-refractivity contribution in [3.05, 3.63) is 323 Å². The van der Waals surface area contributed by atoms with Crippen LogP contribution in [0.1, 0.15) is 77.8 Å². The molecule has 9 aromatic rings. The highest BCUT2D eigenvalue weighted by atomic mass is 16.8. The molecule has 4 fully saturated rings. The molecule has 4 aliphatic rings. The van der Waals surface area contributed by atoms with Crippen LogP contribution in [0, 0.1) is 0 Å². The highest BCUT2D eigenvalue weighted by Gasteiger charge is 2.60. The lowest BCUT2D eigenvalue weighted by atomic mass is 9.92. The quantitative estimate of drug-likeness (QED) is 0.0265. The normalized spacial score (nSPS) is 26.6. The largest absolute Gasteiger partial charge is 0.463 e. The van der Waals surface area contributed by atoms with E-state index in [1.165, 1.54) is 27.9 Å². The molecule has 0 bridgehead atoms. The molecule has 0 spiro atoms. The fraction of sp³-hybridized carbons (Fsp3) is 0.402. The van der Waals surface area contributed by atoms with Crippen LogP contribution in [-0.2, 0) is 173 Å². The standard InChI is InChI=1S/C97H109NO25/c1-64(99)98-81-87(111-55-72-41-23-10-24-42-72)83(109-53-70-37-19-8-20-38-70)79(62-107-65(2)100)117-94(81)123-89-82(103)88(85(120-95(89)104-5)80(116-67(4)102)63-108-66(3)101)122-97-93(115-59-76-49-31-14-32-50-76)91(113-57-74-45-27-12-28-46-74)86(78(119-97)61-106-52-69-35-17-7-18-36-69)121-96-92(114-58-75-47-29-13-30-48-75)90(112-56-73-43-25-11-26-44-73)84(110-54-71-39-21-9-22-40-71)77(118-96)60-105-51-68-33-15-6-16-34-68/h6-50,77-97,103H,51-63H2,1-5H3,(H,98,99)/t77-,78-,79-,80+,81-,82+,83-,84+,85-,86-,87-,88+,89+,90+,91+,92-,93-,94-,95-,96+,97-/m1/s1. The molecule has 13 rings (SSSR count). The van der Waals surface area contributed by atoms with Crippen molar-refractivity contribution in [1.82, 2.24) is 5.32 Å². The van der Waals surface area contributed by atoms with Gasteiger partial charge in [-0.2, -0.15) is 0 Å². The average molecular weight is 1690 g/mol. The molecule has 26 heteroatoms. The number of benzene rings is 9. The number of carbonyl (C=O) groups excluding carboxylic acids is 4. The molecule has 1 amide bonds. The second-order valence-electron chi connectivity index (χ2n) is 30.4. The summed E-state index contributed by atoms with van der Waals surface area (Å²) in [6.45, 7) is 3.97. The van der Waals surface area contributed by atoms with Crippen molar-refractivity contribution in [1.29, 1.82) is 0 Å². The van der Waals surface area contributed by atoms with Crippen LogP contribution in [0.3, 0.4) is 0 Å². The van der Waals surface area contributed by atoms with Gasteiger partial charge in [0.05, 0.1) is 72.7 Å². The summed E-state index contributed by atoms with van der Waals surface area (Å²) in [6.07, 6.45) is -27.9. The van der Waals surface area contributed by atoms with Crippen LogP contribution >= 0.6 is 0 Å². The van der Waals surface area contributed by atoms with Crippen LogP contribution in [-0.4, -0.2) is 191 Å². The van der Waals surface area contributed by atoms with Crippen LogP contribution < -0.4 is 5.32 Å². The highest BCUT2D eigenvalue weighted by Crippen LogP contribution is 2.41. The molecular weight excluding hydrogens is 1580 g/mol. The topological polar surface area (TPSA) is 285 Å². The molecule has 0 saturated carbocycles. The predicted molar refractivity (Wildman–Crippen MR) is 446 cm³/mol. The SMILES string of the molecule is CO[C@@H]1O[C@H]([C@H](COC(C)=O)OC(C)=O)[C@@H](O[C@H]2O[C@H](COCc3ccccc3)[C@@H](O[C@@H]3O[C@H](COCc4ccccc4)[C@H](OCc4ccccc4)[C@H](OCc4ccccc4)[C@H]3OCc3ccccc3)[C@H](OCc3ccccc3)[C@H]2OCc2ccccc2)[C@H](O)[C@@H]1O[C@H]1O[C@H](COC(C)=O)[C@@H](OCc2ccccc2)[C@H](OCc2ccccc2)[C@H]1NC(C)=O. The number of rotatable bonds is 43. The lowest BCUT2D eigenvalue weighted by Crippen LogP contribution is -2.70. The monoisotopic (exact) mass is 1690 g/mol. The number of esters is 3. The minimum Gasteiger partial charge on any atom is -0.463 e. The predicted octanol–water partition coefficient (Wildman–Crippen LogP) is 12.1. The van der Waals surface area contributed by atoms with E-state index in [-0.39, 0.29) is 72.7 Å². The van der Waals surface area contributed by atoms with E-state index in [0.717, 1.165) is 51.4 Å². The highest BCUT2D eigenvalue weighted by molar-refractivity contribution is 5.73. The Morgan fingerprint density at radius 1 is 0.317 bits per heavy atom. The van der Waals surface area contributed by atoms with Gasteiger partial charge in [0.15, 0.2) is 31.3 Å². The Labute approximate surface area is 717 Å². The summed E-state index contributed by atoms with van der Waals surface area (Å²) in [4.78, 5) is 53.4. The van der Waals surface area contributed by atoms with Gasteiger partial charge in [0, 0.05) is 34.8 Å². The fourth-order valence-corrected chi connectivity index (χ4v) is 15.3. The zero-order chi connectivity index (χ0) is 85.5. The van der Waals surface area contributed by atoms with E-state index in [9.17, 15) is 24.3 Å². The number of methoxy groups -OCH3 is 1. The Morgan fingerprint density at radius 2 is 0.618 bits per heavy atom. The number of aliphatic hydroxyl groups is 1. The lowest BCUT2D eigenvalue weighted by molar-refractivity contribution is -0.400. The molecule has 4 saturated heterocycles. The summed E-state index contributed by atoms with van der Waals surface area (Å²) in [6, 6.07) is 84.9. The van der Waals surface area contributed by atoms with Crippen molar-refractivity contribution < 1.29 is 119 Å². The van der Waals surface area contributed by atoms with E-state index in [2.05, 4.69) is 5.32 Å². The molecule has 26 nitrogen and oxygen atoms in total. The molecule has 0 aliphatic carbocycles. The first-order chi connectivity index (χ1) is 60.2. The van der Waals surface area contributed by atoms with E-state index in [1.54, 1.807) is 0 Å². The minimum absolute atomic E-state index is 0.0163. The molecule has 2 N–H and O–H groups in total. The lowest BCUT2D eigenvalue weighted by Gasteiger charge is -2.52. The van der Waals surface area contributed by atoms with Crippen molar-refractivity contribution in [2.45, 2.75) is 216 Å². The van der Waals surface area contributed by atoms with Crippen molar-refractivity contribution >= 4 is 23.8 Å². The zero-order valence-electron chi connectivity index (χ0n) is 69.5. The maximum Gasteiger partial charge on any atom is 0.303 e. The Kier molecular flexibility index (Phi) is 34.9. The first-order valence-electron chi connectivity index (χ1n) is 41.5. The number of amides is 1. The molecule has 0 aromatic heterocycles. The van der Waals surface area contributed by atoms with Crippen LogP contribution in [0.5, 0.6) is 0 Å². The van der Waals surface area contributed by atoms with E-state index in [0.29, 0.717) is 5.56 Å². The van der Waals surface area contributed by atoms with Gasteiger partial charge >= 0.3 is 17.9 Å². The molecule has 0 unspecified atom stereocenters. The first kappa shape index (κ1) is 90.9. The van der Waals surface area contributed by atoms with Gasteiger partial charge in [-0.3, -0.25) is 19.2 Å². The zero-order valence-corrected chi connectivity index (χ0v) is 69.5. The van der Waals surface area contributed by atoms with E-state index in [4.69, 9.17) is 94.7 Å². The molecule has 123 heavy (non-hydrogen) atoms. The van der Waals surface area contributed by atoms with Gasteiger partial charge in [0.1, 0.15) is 111 Å². The van der Waals surface area contributed by atoms with Crippen molar-refractivity contribution in [3.8, 4) is 0 Å². The average Bonchev–Trinajstić information content (AvgIpc) is 0.760. The molecular formula is C97H109NO25. The fourth-order valence-electron chi connectivity index (χ4n) is 15.3. The maximum absolute atomic E-state index is 13.9. The van der Waals surface area contributed by atoms with Crippen molar-refractivity contribution in [2.24, 2.45) is 0 Å². The molecule has 9 aromatic carbocycles. The maximum atomic E-state index is 13.9. The third-order valence-electron chi connectivity index (χ3n) is 21.2. The second kappa shape index (κ2) is 47.3. The molecule has 21 atom stereocenters. The van der Waals surface area contributed by atoms with Gasteiger partial charge in [0.25, 0.3) is 0 Å². The smallest absolute Gasteiger partial charge is 0.303 e. The van der Waals surface area contributed by atoms with Gasteiger partial charge in [-0.25, -0.2) is 0 Å². The van der Waals surface area contributed by atoms with Gasteiger partial charge in [0.2, 0.25) is 5.91 Å². The first-order valence-corrected chi connectivity index (χ1v) is 41.5. The van der Waals surface area contributed by atoms with Gasteiger partial charge in [-0.1, -0.05) is 273 Å². The summed E-state index contributed by atoms with van der Waals surface area (Å²) >= 11 is 0.